The third-order valence-electron chi connectivity index (χ3n) is 2.37. The molecule has 108 valence electrons. The van der Waals surface area contributed by atoms with E-state index in [2.05, 4.69) is 0 Å². The largest absolute Gasteiger partial charge is 0.494 e. The number of rotatable bonds is 11. The molecule has 0 radical (unpaired) electrons. The SMILES string of the molecule is OCCOCCCCOc1ccc(OCCO)cc1. The standard InChI is InChI=1S/C14H22O5/c15-7-11-17-9-1-2-10-18-13-3-5-14(6-4-13)19-12-8-16/h3-6,15-16H,1-2,7-12H2. The minimum absolute atomic E-state index is 0.0105. The lowest BCUT2D eigenvalue weighted by Crippen LogP contribution is -2.04. The molecule has 5 heteroatoms. The molecule has 2 N–H and O–H groups in total. The van der Waals surface area contributed by atoms with Crippen LogP contribution in [0.25, 0.3) is 0 Å². The Morgan fingerprint density at radius 2 is 1.21 bits per heavy atom. The molecule has 0 saturated heterocycles. The van der Waals surface area contributed by atoms with Crippen molar-refractivity contribution >= 4 is 0 Å². The maximum atomic E-state index is 8.63. The highest BCUT2D eigenvalue weighted by Crippen LogP contribution is 2.17. The van der Waals surface area contributed by atoms with Crippen LogP contribution in [-0.2, 0) is 4.74 Å². The minimum atomic E-state index is 0.0105. The van der Waals surface area contributed by atoms with Crippen LogP contribution in [0.2, 0.25) is 0 Å². The van der Waals surface area contributed by atoms with Crippen LogP contribution in [0.1, 0.15) is 12.8 Å². The van der Waals surface area contributed by atoms with Gasteiger partial charge in [-0.05, 0) is 37.1 Å². The first-order valence-corrected chi connectivity index (χ1v) is 6.52. The van der Waals surface area contributed by atoms with Gasteiger partial charge in [0.25, 0.3) is 0 Å². The molecular formula is C14H22O5. The molecule has 0 amide bonds. The number of aliphatic hydroxyl groups is 2. The fourth-order valence-electron chi connectivity index (χ4n) is 1.46. The second kappa shape index (κ2) is 10.6. The fourth-order valence-corrected chi connectivity index (χ4v) is 1.46. The molecular weight excluding hydrogens is 248 g/mol. The van der Waals surface area contributed by atoms with Crippen LogP contribution >= 0.6 is 0 Å². The van der Waals surface area contributed by atoms with E-state index in [1.54, 1.807) is 0 Å². The Morgan fingerprint density at radius 3 is 1.79 bits per heavy atom. The maximum absolute atomic E-state index is 8.63. The van der Waals surface area contributed by atoms with Crippen molar-refractivity contribution in [1.82, 2.24) is 0 Å². The lowest BCUT2D eigenvalue weighted by atomic mass is 10.3. The smallest absolute Gasteiger partial charge is 0.119 e. The molecule has 0 aliphatic rings. The number of aliphatic hydroxyl groups excluding tert-OH is 2. The molecule has 1 aromatic carbocycles. The first kappa shape index (κ1) is 15.8. The molecule has 0 bridgehead atoms. The van der Waals surface area contributed by atoms with Crippen LogP contribution in [0.4, 0.5) is 0 Å². The van der Waals surface area contributed by atoms with E-state index in [4.69, 9.17) is 24.4 Å². The van der Waals surface area contributed by atoms with E-state index in [1.165, 1.54) is 0 Å². The van der Waals surface area contributed by atoms with Crippen LogP contribution < -0.4 is 9.47 Å². The lowest BCUT2D eigenvalue weighted by molar-refractivity contribution is 0.0878. The van der Waals surface area contributed by atoms with Gasteiger partial charge in [-0.15, -0.1) is 0 Å². The Bertz CT molecular complexity index is 312. The van der Waals surface area contributed by atoms with Gasteiger partial charge in [-0.3, -0.25) is 0 Å². The fraction of sp³-hybridized carbons (Fsp3) is 0.571. The Morgan fingerprint density at radius 1 is 0.684 bits per heavy atom. The highest BCUT2D eigenvalue weighted by molar-refractivity contribution is 5.31. The van der Waals surface area contributed by atoms with Crippen molar-refractivity contribution in [3.63, 3.8) is 0 Å². The van der Waals surface area contributed by atoms with Crippen LogP contribution in [0.3, 0.4) is 0 Å². The predicted octanol–water partition coefficient (Wildman–Crippen LogP) is 1.23. The first-order valence-electron chi connectivity index (χ1n) is 6.52. The van der Waals surface area contributed by atoms with Crippen molar-refractivity contribution < 1.29 is 24.4 Å². The summed E-state index contributed by atoms with van der Waals surface area (Å²) in [6, 6.07) is 7.31. The van der Waals surface area contributed by atoms with Crippen molar-refractivity contribution in [2.24, 2.45) is 0 Å². The Hall–Kier alpha value is -1.30. The highest BCUT2D eigenvalue weighted by Gasteiger charge is 1.96. The summed E-state index contributed by atoms with van der Waals surface area (Å²) in [6.07, 6.45) is 1.83. The zero-order valence-electron chi connectivity index (χ0n) is 11.1. The molecule has 0 aromatic heterocycles. The topological polar surface area (TPSA) is 68.2 Å². The molecule has 19 heavy (non-hydrogen) atoms. The quantitative estimate of drug-likeness (QED) is 0.592. The number of benzene rings is 1. The molecule has 0 heterocycles. The van der Waals surface area contributed by atoms with E-state index < -0.39 is 0 Å². The van der Waals surface area contributed by atoms with Gasteiger partial charge in [-0.2, -0.15) is 0 Å². The number of ether oxygens (including phenoxy) is 3. The molecule has 1 rings (SSSR count). The molecule has 0 unspecified atom stereocenters. The maximum Gasteiger partial charge on any atom is 0.119 e. The zero-order chi connectivity index (χ0) is 13.8. The van der Waals surface area contributed by atoms with Gasteiger partial charge in [0.1, 0.15) is 18.1 Å². The normalized spacial score (nSPS) is 10.4. The zero-order valence-corrected chi connectivity index (χ0v) is 11.1. The second-order valence-corrected chi connectivity index (χ2v) is 3.94. The third kappa shape index (κ3) is 7.66. The number of hydrogen-bond acceptors (Lipinski definition) is 5. The lowest BCUT2D eigenvalue weighted by Gasteiger charge is -2.08. The van der Waals surface area contributed by atoms with E-state index in [0.29, 0.717) is 26.4 Å². The van der Waals surface area contributed by atoms with Crippen molar-refractivity contribution in [1.29, 1.82) is 0 Å². The Kier molecular flexibility index (Phi) is 8.80. The van der Waals surface area contributed by atoms with Crippen LogP contribution in [-0.4, -0.2) is 49.9 Å². The van der Waals surface area contributed by atoms with E-state index >= 15 is 0 Å². The van der Waals surface area contributed by atoms with Gasteiger partial charge in [-0.1, -0.05) is 0 Å². The van der Waals surface area contributed by atoms with Gasteiger partial charge < -0.3 is 24.4 Å². The summed E-state index contributed by atoms with van der Waals surface area (Å²) < 4.78 is 16.0. The number of hydrogen-bond donors (Lipinski definition) is 2. The average molecular weight is 270 g/mol. The highest BCUT2D eigenvalue weighted by atomic mass is 16.5. The molecule has 0 fully saturated rings. The predicted molar refractivity (Wildman–Crippen MR) is 71.7 cm³/mol. The summed E-state index contributed by atoms with van der Waals surface area (Å²) in [5, 5.41) is 17.1. The van der Waals surface area contributed by atoms with Crippen molar-refractivity contribution in [2.75, 3.05) is 39.6 Å². The van der Waals surface area contributed by atoms with Gasteiger partial charge >= 0.3 is 0 Å². The summed E-state index contributed by atoms with van der Waals surface area (Å²) in [4.78, 5) is 0. The molecule has 0 spiro atoms. The summed E-state index contributed by atoms with van der Waals surface area (Å²) in [6.45, 7) is 2.07. The van der Waals surface area contributed by atoms with Gasteiger partial charge in [0.15, 0.2) is 0 Å². The van der Waals surface area contributed by atoms with Crippen LogP contribution in [0.15, 0.2) is 24.3 Å². The van der Waals surface area contributed by atoms with Crippen molar-refractivity contribution in [3.8, 4) is 11.5 Å². The third-order valence-corrected chi connectivity index (χ3v) is 2.37. The van der Waals surface area contributed by atoms with Crippen molar-refractivity contribution in [3.05, 3.63) is 24.3 Å². The first-order chi connectivity index (χ1) is 9.36. The van der Waals surface area contributed by atoms with Gasteiger partial charge in [0.05, 0.1) is 26.4 Å². The summed E-state index contributed by atoms with van der Waals surface area (Å²) in [5.74, 6) is 1.52. The Balaban J connectivity index is 2.09. The molecule has 0 saturated carbocycles. The molecule has 1 aromatic rings. The summed E-state index contributed by atoms with van der Waals surface area (Å²) >= 11 is 0. The summed E-state index contributed by atoms with van der Waals surface area (Å²) in [5.41, 5.74) is 0. The van der Waals surface area contributed by atoms with E-state index in [9.17, 15) is 0 Å². The minimum Gasteiger partial charge on any atom is -0.494 e. The van der Waals surface area contributed by atoms with Crippen LogP contribution in [0, 0.1) is 0 Å². The molecule has 5 nitrogen and oxygen atoms in total. The van der Waals surface area contributed by atoms with Crippen molar-refractivity contribution in [2.45, 2.75) is 12.8 Å². The molecule has 0 aliphatic heterocycles. The Labute approximate surface area is 113 Å². The van der Waals surface area contributed by atoms with E-state index in [-0.39, 0.29) is 13.2 Å². The monoisotopic (exact) mass is 270 g/mol. The summed E-state index contributed by atoms with van der Waals surface area (Å²) in [7, 11) is 0. The molecule has 0 aliphatic carbocycles. The van der Waals surface area contributed by atoms with E-state index in [1.807, 2.05) is 24.3 Å². The van der Waals surface area contributed by atoms with Gasteiger partial charge in [0, 0.05) is 6.61 Å². The average Bonchev–Trinajstić information content (AvgIpc) is 2.45. The van der Waals surface area contributed by atoms with Gasteiger partial charge in [0.2, 0.25) is 0 Å². The van der Waals surface area contributed by atoms with Crippen LogP contribution in [0.5, 0.6) is 11.5 Å². The number of unbranched alkanes of at least 4 members (excludes halogenated alkanes) is 1. The van der Waals surface area contributed by atoms with Gasteiger partial charge in [-0.25, -0.2) is 0 Å². The van der Waals surface area contributed by atoms with E-state index in [0.717, 1.165) is 24.3 Å². The second-order valence-electron chi connectivity index (χ2n) is 3.94. The molecule has 0 atom stereocenters.